The lowest BCUT2D eigenvalue weighted by Gasteiger charge is -2.32. The Kier molecular flexibility index (Phi) is 4.92. The molecule has 0 spiro atoms. The Morgan fingerprint density at radius 2 is 2.33 bits per heavy atom. The first-order valence-electron chi connectivity index (χ1n) is 5.86. The van der Waals surface area contributed by atoms with Gasteiger partial charge in [0.15, 0.2) is 0 Å². The second-order valence-electron chi connectivity index (χ2n) is 4.10. The number of hydrogen-bond acceptors (Lipinski definition) is 3. The molecule has 0 aliphatic carbocycles. The first kappa shape index (κ1) is 13.7. The molecule has 1 atom stereocenters. The van der Waals surface area contributed by atoms with Crippen molar-refractivity contribution < 1.29 is 9.53 Å². The first-order chi connectivity index (χ1) is 8.76. The Morgan fingerprint density at radius 3 is 3.06 bits per heavy atom. The molecule has 5 heteroatoms. The summed E-state index contributed by atoms with van der Waals surface area (Å²) in [6.07, 6.45) is 1.93. The van der Waals surface area contributed by atoms with Crippen molar-refractivity contribution in [2.75, 3.05) is 31.8 Å². The van der Waals surface area contributed by atoms with E-state index in [0.29, 0.717) is 25.6 Å². The molecule has 98 valence electrons. The maximum Gasteiger partial charge on any atom is 0.255 e. The van der Waals surface area contributed by atoms with Crippen LogP contribution in [0.1, 0.15) is 10.4 Å². The molecule has 1 amide bonds. The minimum Gasteiger partial charge on any atom is -0.373 e. The predicted molar refractivity (Wildman–Crippen MR) is 74.6 cm³/mol. The van der Waals surface area contributed by atoms with Crippen LogP contribution >= 0.6 is 23.4 Å². The van der Waals surface area contributed by atoms with Crippen molar-refractivity contribution in [3.05, 3.63) is 29.8 Å². The average molecular weight is 286 g/mol. The number of halogens is 1. The van der Waals surface area contributed by atoms with E-state index >= 15 is 0 Å². The van der Waals surface area contributed by atoms with Crippen LogP contribution in [-0.2, 0) is 4.74 Å². The molecular weight excluding hydrogens is 270 g/mol. The van der Waals surface area contributed by atoms with Crippen LogP contribution in [0, 0.1) is 0 Å². The Balaban J connectivity index is 2.15. The third-order valence-corrected chi connectivity index (χ3v) is 4.08. The lowest BCUT2D eigenvalue weighted by atomic mass is 10.1. The fraction of sp³-hybridized carbons (Fsp3) is 0.462. The Labute approximate surface area is 116 Å². The van der Waals surface area contributed by atoms with E-state index in [-0.39, 0.29) is 12.0 Å². The summed E-state index contributed by atoms with van der Waals surface area (Å²) in [6, 6.07) is 7.69. The Bertz CT molecular complexity index is 427. The number of carbonyl (C=O) groups is 1. The van der Waals surface area contributed by atoms with Crippen LogP contribution in [0.15, 0.2) is 29.2 Å². The second kappa shape index (κ2) is 6.45. The number of alkyl halides is 1. The summed E-state index contributed by atoms with van der Waals surface area (Å²) in [5.41, 5.74) is 0.764. The van der Waals surface area contributed by atoms with E-state index in [2.05, 4.69) is 0 Å². The number of morpholine rings is 1. The van der Waals surface area contributed by atoms with Crippen LogP contribution in [0.25, 0.3) is 0 Å². The largest absolute Gasteiger partial charge is 0.373 e. The highest BCUT2D eigenvalue weighted by molar-refractivity contribution is 7.98. The van der Waals surface area contributed by atoms with E-state index in [1.807, 2.05) is 35.4 Å². The van der Waals surface area contributed by atoms with Crippen LogP contribution in [-0.4, -0.2) is 48.7 Å². The maximum atomic E-state index is 12.5. The Morgan fingerprint density at radius 1 is 1.56 bits per heavy atom. The third-order valence-electron chi connectivity index (χ3n) is 2.94. The van der Waals surface area contributed by atoms with Gasteiger partial charge in [-0.15, -0.1) is 23.4 Å². The summed E-state index contributed by atoms with van der Waals surface area (Å²) >= 11 is 7.38. The highest BCUT2D eigenvalue weighted by Gasteiger charge is 2.25. The molecule has 1 unspecified atom stereocenters. The van der Waals surface area contributed by atoms with Gasteiger partial charge in [0.1, 0.15) is 0 Å². The summed E-state index contributed by atoms with van der Waals surface area (Å²) in [5.74, 6) is 0.492. The van der Waals surface area contributed by atoms with Gasteiger partial charge in [-0.3, -0.25) is 4.79 Å². The predicted octanol–water partition coefficient (Wildman–Crippen LogP) is 2.49. The highest BCUT2D eigenvalue weighted by Crippen LogP contribution is 2.22. The zero-order valence-corrected chi connectivity index (χ0v) is 11.8. The average Bonchev–Trinajstić information content (AvgIpc) is 2.46. The minimum atomic E-state index is -0.0502. The van der Waals surface area contributed by atoms with E-state index < -0.39 is 0 Å². The van der Waals surface area contributed by atoms with Gasteiger partial charge in [-0.1, -0.05) is 12.1 Å². The molecule has 1 aromatic carbocycles. The van der Waals surface area contributed by atoms with Gasteiger partial charge in [-0.05, 0) is 18.4 Å². The smallest absolute Gasteiger partial charge is 0.255 e. The van der Waals surface area contributed by atoms with Crippen LogP contribution in [0.4, 0.5) is 0 Å². The normalized spacial score (nSPS) is 19.9. The number of rotatable bonds is 3. The maximum absolute atomic E-state index is 12.5. The fourth-order valence-corrected chi connectivity index (χ4v) is 2.77. The molecule has 18 heavy (non-hydrogen) atoms. The topological polar surface area (TPSA) is 29.5 Å². The van der Waals surface area contributed by atoms with Crippen LogP contribution in [0.2, 0.25) is 0 Å². The zero-order valence-electron chi connectivity index (χ0n) is 10.3. The van der Waals surface area contributed by atoms with Gasteiger partial charge in [0, 0.05) is 18.0 Å². The number of carbonyl (C=O) groups excluding carboxylic acids is 1. The van der Waals surface area contributed by atoms with Crippen molar-refractivity contribution in [1.29, 1.82) is 0 Å². The molecule has 1 heterocycles. The van der Waals surface area contributed by atoms with Gasteiger partial charge in [-0.2, -0.15) is 0 Å². The lowest BCUT2D eigenvalue weighted by Crippen LogP contribution is -2.46. The summed E-state index contributed by atoms with van der Waals surface area (Å²) < 4.78 is 5.47. The fourth-order valence-electron chi connectivity index (χ4n) is 1.99. The molecule has 1 aliphatic heterocycles. The van der Waals surface area contributed by atoms with Crippen molar-refractivity contribution in [1.82, 2.24) is 4.90 Å². The van der Waals surface area contributed by atoms with Crippen LogP contribution in [0.3, 0.4) is 0 Å². The van der Waals surface area contributed by atoms with Gasteiger partial charge < -0.3 is 9.64 Å². The van der Waals surface area contributed by atoms with Gasteiger partial charge in [0.25, 0.3) is 5.91 Å². The molecule has 0 bridgehead atoms. The monoisotopic (exact) mass is 285 g/mol. The molecule has 0 saturated carbocycles. The molecule has 1 saturated heterocycles. The van der Waals surface area contributed by atoms with Crippen molar-refractivity contribution in [2.24, 2.45) is 0 Å². The van der Waals surface area contributed by atoms with Gasteiger partial charge in [0.05, 0.1) is 24.2 Å². The second-order valence-corrected chi connectivity index (χ2v) is 5.26. The molecule has 0 N–H and O–H groups in total. The number of amides is 1. The summed E-state index contributed by atoms with van der Waals surface area (Å²) in [6.45, 7) is 1.77. The number of nitrogens with zero attached hydrogens (tertiary/aromatic N) is 1. The van der Waals surface area contributed by atoms with Crippen LogP contribution in [0.5, 0.6) is 0 Å². The minimum absolute atomic E-state index is 0.0502. The van der Waals surface area contributed by atoms with Crippen molar-refractivity contribution >= 4 is 29.3 Å². The molecular formula is C13H16ClNO2S. The zero-order chi connectivity index (χ0) is 13.0. The summed E-state index contributed by atoms with van der Waals surface area (Å²) in [5, 5.41) is 0. The number of hydrogen-bond donors (Lipinski definition) is 0. The Hall–Kier alpha value is -0.710. The standard InChI is InChI=1S/C13H16ClNO2S/c1-18-12-5-3-2-4-11(12)13(16)15-6-7-17-10(8-14)9-15/h2-5,10H,6-9H2,1H3. The van der Waals surface area contributed by atoms with Crippen molar-refractivity contribution in [2.45, 2.75) is 11.0 Å². The molecule has 1 aromatic rings. The summed E-state index contributed by atoms with van der Waals surface area (Å²) in [7, 11) is 0. The lowest BCUT2D eigenvalue weighted by molar-refractivity contribution is -0.0109. The van der Waals surface area contributed by atoms with E-state index in [4.69, 9.17) is 16.3 Å². The molecule has 3 nitrogen and oxygen atoms in total. The molecule has 1 fully saturated rings. The number of thioether (sulfide) groups is 1. The first-order valence-corrected chi connectivity index (χ1v) is 7.62. The quantitative estimate of drug-likeness (QED) is 0.631. The van der Waals surface area contributed by atoms with Gasteiger partial charge in [0.2, 0.25) is 0 Å². The van der Waals surface area contributed by atoms with E-state index in [0.717, 1.165) is 10.5 Å². The van der Waals surface area contributed by atoms with Crippen molar-refractivity contribution in [3.63, 3.8) is 0 Å². The molecule has 1 aliphatic rings. The number of benzene rings is 1. The third kappa shape index (κ3) is 2.99. The SMILES string of the molecule is CSc1ccccc1C(=O)N1CCOC(CCl)C1. The van der Waals surface area contributed by atoms with Crippen LogP contribution < -0.4 is 0 Å². The van der Waals surface area contributed by atoms with E-state index in [9.17, 15) is 4.79 Å². The molecule has 0 radical (unpaired) electrons. The molecule has 2 rings (SSSR count). The van der Waals surface area contributed by atoms with E-state index in [1.165, 1.54) is 0 Å². The highest BCUT2D eigenvalue weighted by atomic mass is 35.5. The van der Waals surface area contributed by atoms with Crippen molar-refractivity contribution in [3.8, 4) is 0 Å². The number of ether oxygens (including phenoxy) is 1. The van der Waals surface area contributed by atoms with Gasteiger partial charge >= 0.3 is 0 Å². The van der Waals surface area contributed by atoms with E-state index in [1.54, 1.807) is 11.8 Å². The summed E-state index contributed by atoms with van der Waals surface area (Å²) in [4.78, 5) is 15.3. The molecule has 0 aromatic heterocycles. The van der Waals surface area contributed by atoms with Gasteiger partial charge in [-0.25, -0.2) is 0 Å².